The zero-order chi connectivity index (χ0) is 17.1. The van der Waals surface area contributed by atoms with Crippen molar-refractivity contribution >= 4 is 10.9 Å². The van der Waals surface area contributed by atoms with Crippen LogP contribution in [0.3, 0.4) is 0 Å². The number of fused-ring (bicyclic) bond motifs is 1. The van der Waals surface area contributed by atoms with E-state index < -0.39 is 0 Å². The van der Waals surface area contributed by atoms with Gasteiger partial charge in [-0.05, 0) is 23.3 Å². The number of aromatic nitrogens is 1. The molecule has 0 radical (unpaired) electrons. The average molecular weight is 325 g/mol. The molecule has 4 aromatic rings. The maximum Gasteiger partial charge on any atom is 0.108 e. The zero-order valence-electron chi connectivity index (χ0n) is 14.1. The van der Waals surface area contributed by atoms with Gasteiger partial charge in [-0.25, -0.2) is 4.98 Å². The lowest BCUT2D eigenvalue weighted by atomic mass is 9.96. The molecule has 0 spiro atoms. The van der Waals surface area contributed by atoms with Crippen LogP contribution >= 0.6 is 0 Å². The molecule has 2 heteroatoms. The fourth-order valence-electron chi connectivity index (χ4n) is 3.25. The summed E-state index contributed by atoms with van der Waals surface area (Å²) < 4.78 is 5.89. The molecular formula is C23H19NO. The Hall–Kier alpha value is -2.97. The molecule has 0 saturated heterocycles. The van der Waals surface area contributed by atoms with Crippen LogP contribution in [-0.2, 0) is 4.74 Å². The second-order valence-electron chi connectivity index (χ2n) is 6.01. The third-order valence-corrected chi connectivity index (χ3v) is 4.44. The molecule has 4 rings (SSSR count). The van der Waals surface area contributed by atoms with E-state index in [0.29, 0.717) is 0 Å². The number of methoxy groups -OCH3 is 1. The predicted molar refractivity (Wildman–Crippen MR) is 102 cm³/mol. The molecule has 0 aliphatic heterocycles. The summed E-state index contributed by atoms with van der Waals surface area (Å²) in [6, 6.07) is 31.0. The average Bonchev–Trinajstić information content (AvgIpc) is 2.70. The molecule has 0 saturated carbocycles. The smallest absolute Gasteiger partial charge is 0.108 e. The Morgan fingerprint density at radius 2 is 1.40 bits per heavy atom. The topological polar surface area (TPSA) is 22.1 Å². The molecule has 1 unspecified atom stereocenters. The molecule has 0 aliphatic rings. The Labute approximate surface area is 147 Å². The van der Waals surface area contributed by atoms with Crippen molar-refractivity contribution in [3.8, 4) is 11.3 Å². The van der Waals surface area contributed by atoms with Crippen LogP contribution < -0.4 is 0 Å². The molecule has 2 nitrogen and oxygen atoms in total. The SMILES string of the molecule is COC(c1ccccc1)c1cc(-c2ccccc2)nc2ccccc12. The van der Waals surface area contributed by atoms with Gasteiger partial charge in [0, 0.05) is 18.1 Å². The van der Waals surface area contributed by atoms with Gasteiger partial charge in [-0.1, -0.05) is 78.9 Å². The van der Waals surface area contributed by atoms with E-state index in [4.69, 9.17) is 9.72 Å². The second kappa shape index (κ2) is 6.88. The molecule has 0 fully saturated rings. The van der Waals surface area contributed by atoms with Gasteiger partial charge in [0.15, 0.2) is 0 Å². The summed E-state index contributed by atoms with van der Waals surface area (Å²) in [5, 5.41) is 1.12. The highest BCUT2D eigenvalue weighted by Gasteiger charge is 2.18. The summed E-state index contributed by atoms with van der Waals surface area (Å²) in [6.45, 7) is 0. The minimum atomic E-state index is -0.128. The predicted octanol–water partition coefficient (Wildman–Crippen LogP) is 5.64. The van der Waals surface area contributed by atoms with Gasteiger partial charge in [0.1, 0.15) is 6.10 Å². The Morgan fingerprint density at radius 3 is 2.12 bits per heavy atom. The maximum atomic E-state index is 5.89. The largest absolute Gasteiger partial charge is 0.372 e. The Morgan fingerprint density at radius 1 is 0.760 bits per heavy atom. The fraction of sp³-hybridized carbons (Fsp3) is 0.0870. The molecule has 0 aliphatic carbocycles. The fourth-order valence-corrected chi connectivity index (χ4v) is 3.25. The molecule has 122 valence electrons. The van der Waals surface area contributed by atoms with Crippen LogP contribution in [0.1, 0.15) is 17.2 Å². The van der Waals surface area contributed by atoms with E-state index in [2.05, 4.69) is 42.5 Å². The minimum absolute atomic E-state index is 0.128. The minimum Gasteiger partial charge on any atom is -0.372 e. The first-order valence-electron chi connectivity index (χ1n) is 8.39. The monoisotopic (exact) mass is 325 g/mol. The molecule has 25 heavy (non-hydrogen) atoms. The van der Waals surface area contributed by atoms with E-state index in [1.54, 1.807) is 7.11 Å². The van der Waals surface area contributed by atoms with E-state index in [-0.39, 0.29) is 6.10 Å². The van der Waals surface area contributed by atoms with Crippen molar-refractivity contribution in [2.24, 2.45) is 0 Å². The molecular weight excluding hydrogens is 306 g/mol. The van der Waals surface area contributed by atoms with Crippen LogP contribution in [0.5, 0.6) is 0 Å². The van der Waals surface area contributed by atoms with Crippen molar-refractivity contribution in [2.45, 2.75) is 6.10 Å². The number of pyridine rings is 1. The highest BCUT2D eigenvalue weighted by molar-refractivity contribution is 5.86. The summed E-state index contributed by atoms with van der Waals surface area (Å²) >= 11 is 0. The standard InChI is InChI=1S/C23H19NO/c1-25-23(18-12-6-3-7-13-18)20-16-22(17-10-4-2-5-11-17)24-21-15-9-8-14-19(20)21/h2-16,23H,1H3. The van der Waals surface area contributed by atoms with Crippen molar-refractivity contribution in [2.75, 3.05) is 7.11 Å². The number of rotatable bonds is 4. The summed E-state index contributed by atoms with van der Waals surface area (Å²) in [7, 11) is 1.76. The first-order chi connectivity index (χ1) is 12.4. The number of nitrogens with zero attached hydrogens (tertiary/aromatic N) is 1. The first kappa shape index (κ1) is 15.6. The Balaban J connectivity index is 1.95. The zero-order valence-corrected chi connectivity index (χ0v) is 14.1. The van der Waals surface area contributed by atoms with Crippen LogP contribution in [0.2, 0.25) is 0 Å². The summed E-state index contributed by atoms with van der Waals surface area (Å²) in [6.07, 6.45) is -0.128. The number of ether oxygens (including phenoxy) is 1. The molecule has 0 amide bonds. The highest BCUT2D eigenvalue weighted by Crippen LogP contribution is 2.33. The molecule has 1 atom stereocenters. The normalized spacial score (nSPS) is 12.2. The van der Waals surface area contributed by atoms with Crippen LogP contribution in [0.4, 0.5) is 0 Å². The van der Waals surface area contributed by atoms with Crippen molar-refractivity contribution < 1.29 is 4.74 Å². The van der Waals surface area contributed by atoms with Gasteiger partial charge in [0.25, 0.3) is 0 Å². The summed E-state index contributed by atoms with van der Waals surface area (Å²) in [4.78, 5) is 4.86. The highest BCUT2D eigenvalue weighted by atomic mass is 16.5. The van der Waals surface area contributed by atoms with E-state index in [1.807, 2.05) is 48.5 Å². The molecule has 3 aromatic carbocycles. The molecule has 1 aromatic heterocycles. The van der Waals surface area contributed by atoms with Gasteiger partial charge in [-0.15, -0.1) is 0 Å². The maximum absolute atomic E-state index is 5.89. The quantitative estimate of drug-likeness (QED) is 0.484. The van der Waals surface area contributed by atoms with Gasteiger partial charge in [0.05, 0.1) is 11.2 Å². The van der Waals surface area contributed by atoms with Gasteiger partial charge < -0.3 is 4.74 Å². The van der Waals surface area contributed by atoms with Crippen molar-refractivity contribution in [3.05, 3.63) is 102 Å². The lowest BCUT2D eigenvalue weighted by Crippen LogP contribution is -2.05. The van der Waals surface area contributed by atoms with E-state index in [1.165, 1.54) is 0 Å². The van der Waals surface area contributed by atoms with Crippen LogP contribution in [0.25, 0.3) is 22.2 Å². The van der Waals surface area contributed by atoms with Crippen molar-refractivity contribution in [3.63, 3.8) is 0 Å². The van der Waals surface area contributed by atoms with Gasteiger partial charge in [-0.3, -0.25) is 0 Å². The molecule has 1 heterocycles. The first-order valence-corrected chi connectivity index (χ1v) is 8.39. The second-order valence-corrected chi connectivity index (χ2v) is 6.01. The van der Waals surface area contributed by atoms with Gasteiger partial charge >= 0.3 is 0 Å². The van der Waals surface area contributed by atoms with Crippen molar-refractivity contribution in [1.29, 1.82) is 0 Å². The summed E-state index contributed by atoms with van der Waals surface area (Å²) in [5.74, 6) is 0. The van der Waals surface area contributed by atoms with Crippen LogP contribution in [0, 0.1) is 0 Å². The molecule has 0 bridgehead atoms. The van der Waals surface area contributed by atoms with E-state index in [0.717, 1.165) is 33.3 Å². The van der Waals surface area contributed by atoms with Gasteiger partial charge in [-0.2, -0.15) is 0 Å². The van der Waals surface area contributed by atoms with Crippen LogP contribution in [0.15, 0.2) is 91.0 Å². The Kier molecular flexibility index (Phi) is 4.28. The van der Waals surface area contributed by atoms with Crippen LogP contribution in [-0.4, -0.2) is 12.1 Å². The van der Waals surface area contributed by atoms with E-state index in [9.17, 15) is 0 Å². The third kappa shape index (κ3) is 3.04. The van der Waals surface area contributed by atoms with Crippen molar-refractivity contribution in [1.82, 2.24) is 4.98 Å². The summed E-state index contributed by atoms with van der Waals surface area (Å²) in [5.41, 5.74) is 5.33. The molecule has 0 N–H and O–H groups in total. The number of hydrogen-bond donors (Lipinski definition) is 0. The lowest BCUT2D eigenvalue weighted by Gasteiger charge is -2.19. The number of hydrogen-bond acceptors (Lipinski definition) is 2. The third-order valence-electron chi connectivity index (χ3n) is 4.44. The Bertz CT molecular complexity index is 981. The lowest BCUT2D eigenvalue weighted by molar-refractivity contribution is 0.137. The van der Waals surface area contributed by atoms with E-state index >= 15 is 0 Å². The number of benzene rings is 3. The number of para-hydroxylation sites is 1. The van der Waals surface area contributed by atoms with Gasteiger partial charge in [0.2, 0.25) is 0 Å².